The molecule has 0 spiro atoms. The number of thioether (sulfide) groups is 1. The maximum Gasteiger partial charge on any atom is 0.293 e. The van der Waals surface area contributed by atoms with Crippen LogP contribution in [0.1, 0.15) is 35.6 Å². The minimum absolute atomic E-state index is 0.162. The van der Waals surface area contributed by atoms with E-state index in [9.17, 15) is 9.59 Å². The summed E-state index contributed by atoms with van der Waals surface area (Å²) in [4.78, 5) is 25.9. The maximum atomic E-state index is 12.2. The van der Waals surface area contributed by atoms with Crippen molar-refractivity contribution in [3.63, 3.8) is 0 Å². The number of imide groups is 1. The molecule has 0 radical (unpaired) electrons. The average Bonchev–Trinajstić information content (AvgIpc) is 2.62. The molecule has 2 rings (SSSR count). The van der Waals surface area contributed by atoms with Crippen molar-refractivity contribution >= 4 is 29.0 Å². The van der Waals surface area contributed by atoms with Crippen molar-refractivity contribution in [3.05, 3.63) is 39.3 Å². The van der Waals surface area contributed by atoms with Crippen molar-refractivity contribution in [2.24, 2.45) is 0 Å². The first-order chi connectivity index (χ1) is 9.43. The summed E-state index contributed by atoms with van der Waals surface area (Å²) in [6.07, 6.45) is 2.64. The molecule has 0 atom stereocenters. The SMILES string of the molecule is CCCN1C(=O)S/C(=C/c2c(C)cc(C)cc2C)C1=O. The topological polar surface area (TPSA) is 37.4 Å². The average molecular weight is 289 g/mol. The summed E-state index contributed by atoms with van der Waals surface area (Å²) < 4.78 is 0. The molecule has 1 fully saturated rings. The zero-order chi connectivity index (χ0) is 14.9. The minimum atomic E-state index is -0.166. The van der Waals surface area contributed by atoms with E-state index in [0.29, 0.717) is 11.4 Å². The van der Waals surface area contributed by atoms with Crippen LogP contribution < -0.4 is 0 Å². The summed E-state index contributed by atoms with van der Waals surface area (Å²) in [5.41, 5.74) is 4.50. The van der Waals surface area contributed by atoms with E-state index in [1.165, 1.54) is 10.5 Å². The number of aryl methyl sites for hydroxylation is 3. The fraction of sp³-hybridized carbons (Fsp3) is 0.375. The number of carbonyl (C=O) groups excluding carboxylic acids is 2. The molecule has 0 aromatic heterocycles. The molecule has 106 valence electrons. The Balaban J connectivity index is 2.38. The number of amides is 2. The molecule has 4 heteroatoms. The quantitative estimate of drug-likeness (QED) is 0.787. The molecule has 0 N–H and O–H groups in total. The first-order valence-electron chi connectivity index (χ1n) is 6.77. The van der Waals surface area contributed by atoms with Crippen LogP contribution in [0.15, 0.2) is 17.0 Å². The Morgan fingerprint density at radius 3 is 2.30 bits per heavy atom. The lowest BCUT2D eigenvalue weighted by atomic mass is 9.99. The Kier molecular flexibility index (Phi) is 4.33. The third kappa shape index (κ3) is 2.80. The van der Waals surface area contributed by atoms with Crippen LogP contribution >= 0.6 is 11.8 Å². The number of nitrogens with zero attached hydrogens (tertiary/aromatic N) is 1. The smallest absolute Gasteiger partial charge is 0.268 e. The Hall–Kier alpha value is -1.55. The number of carbonyl (C=O) groups is 2. The Labute approximate surface area is 124 Å². The van der Waals surface area contributed by atoms with Crippen LogP contribution in [0.2, 0.25) is 0 Å². The molecule has 3 nitrogen and oxygen atoms in total. The molecule has 1 aromatic carbocycles. The van der Waals surface area contributed by atoms with Gasteiger partial charge in [0.2, 0.25) is 0 Å². The van der Waals surface area contributed by atoms with Crippen molar-refractivity contribution < 1.29 is 9.59 Å². The second-order valence-electron chi connectivity index (χ2n) is 5.15. The Bertz CT molecular complexity index is 581. The zero-order valence-corrected chi connectivity index (χ0v) is 13.1. The van der Waals surface area contributed by atoms with Gasteiger partial charge in [-0.3, -0.25) is 14.5 Å². The van der Waals surface area contributed by atoms with E-state index < -0.39 is 0 Å². The van der Waals surface area contributed by atoms with Gasteiger partial charge in [0.15, 0.2) is 0 Å². The Morgan fingerprint density at radius 2 is 1.75 bits per heavy atom. The van der Waals surface area contributed by atoms with Gasteiger partial charge >= 0.3 is 0 Å². The van der Waals surface area contributed by atoms with Crippen LogP contribution in [-0.2, 0) is 4.79 Å². The molecule has 20 heavy (non-hydrogen) atoms. The van der Waals surface area contributed by atoms with Crippen LogP contribution in [0.4, 0.5) is 4.79 Å². The van der Waals surface area contributed by atoms with E-state index in [0.717, 1.165) is 34.9 Å². The molecule has 1 saturated heterocycles. The van der Waals surface area contributed by atoms with E-state index in [-0.39, 0.29) is 11.1 Å². The number of rotatable bonds is 3. The van der Waals surface area contributed by atoms with Crippen LogP contribution in [0.5, 0.6) is 0 Å². The van der Waals surface area contributed by atoms with Gasteiger partial charge in [0.05, 0.1) is 4.91 Å². The van der Waals surface area contributed by atoms with Gasteiger partial charge in [0.25, 0.3) is 11.1 Å². The van der Waals surface area contributed by atoms with Gasteiger partial charge in [-0.2, -0.15) is 0 Å². The first kappa shape index (κ1) is 14.9. The first-order valence-corrected chi connectivity index (χ1v) is 7.59. The van der Waals surface area contributed by atoms with Crippen molar-refractivity contribution in [2.45, 2.75) is 34.1 Å². The molecule has 1 aromatic rings. The fourth-order valence-corrected chi connectivity index (χ4v) is 3.31. The lowest BCUT2D eigenvalue weighted by molar-refractivity contribution is -0.122. The predicted molar refractivity (Wildman–Crippen MR) is 83.6 cm³/mol. The van der Waals surface area contributed by atoms with Gasteiger partial charge in [-0.05, 0) is 61.7 Å². The fourth-order valence-electron chi connectivity index (χ4n) is 2.47. The van der Waals surface area contributed by atoms with E-state index in [1.54, 1.807) is 0 Å². The highest BCUT2D eigenvalue weighted by molar-refractivity contribution is 8.18. The number of hydrogen-bond donors (Lipinski definition) is 0. The summed E-state index contributed by atoms with van der Waals surface area (Å²) in [7, 11) is 0. The van der Waals surface area contributed by atoms with Gasteiger partial charge in [0.1, 0.15) is 0 Å². The van der Waals surface area contributed by atoms with E-state index in [4.69, 9.17) is 0 Å². The lowest BCUT2D eigenvalue weighted by Crippen LogP contribution is -2.28. The molecule has 0 saturated carbocycles. The maximum absolute atomic E-state index is 12.2. The highest BCUT2D eigenvalue weighted by Gasteiger charge is 2.34. The normalized spacial score (nSPS) is 17.4. The van der Waals surface area contributed by atoms with Crippen LogP contribution in [0.3, 0.4) is 0 Å². The summed E-state index contributed by atoms with van der Waals surface area (Å²) in [5.74, 6) is -0.166. The predicted octanol–water partition coefficient (Wildman–Crippen LogP) is 4.06. The van der Waals surface area contributed by atoms with Crippen molar-refractivity contribution in [3.8, 4) is 0 Å². The van der Waals surface area contributed by atoms with Crippen LogP contribution in [0, 0.1) is 20.8 Å². The van der Waals surface area contributed by atoms with E-state index in [1.807, 2.05) is 26.8 Å². The monoisotopic (exact) mass is 289 g/mol. The Morgan fingerprint density at radius 1 is 1.15 bits per heavy atom. The second kappa shape index (κ2) is 5.83. The standard InChI is InChI=1S/C16H19NO2S/c1-5-6-17-15(18)14(20-16(17)19)9-13-11(3)7-10(2)8-12(13)4/h7-9H,5-6H2,1-4H3/b14-9+. The van der Waals surface area contributed by atoms with Crippen molar-refractivity contribution in [2.75, 3.05) is 6.54 Å². The largest absolute Gasteiger partial charge is 0.293 e. The third-order valence-corrected chi connectivity index (χ3v) is 4.24. The van der Waals surface area contributed by atoms with Gasteiger partial charge in [-0.25, -0.2) is 0 Å². The molecule has 1 aliphatic rings. The minimum Gasteiger partial charge on any atom is -0.268 e. The van der Waals surface area contributed by atoms with Crippen molar-refractivity contribution in [1.82, 2.24) is 4.90 Å². The van der Waals surface area contributed by atoms with Crippen LogP contribution in [-0.4, -0.2) is 22.6 Å². The van der Waals surface area contributed by atoms with Gasteiger partial charge in [-0.15, -0.1) is 0 Å². The molecule has 0 bridgehead atoms. The van der Waals surface area contributed by atoms with E-state index >= 15 is 0 Å². The van der Waals surface area contributed by atoms with Gasteiger partial charge in [0, 0.05) is 6.54 Å². The number of benzene rings is 1. The molecule has 2 amide bonds. The summed E-state index contributed by atoms with van der Waals surface area (Å²) in [6.45, 7) is 8.57. The number of hydrogen-bond acceptors (Lipinski definition) is 3. The molecule has 0 unspecified atom stereocenters. The highest BCUT2D eigenvalue weighted by atomic mass is 32.2. The lowest BCUT2D eigenvalue weighted by Gasteiger charge is -2.10. The second-order valence-corrected chi connectivity index (χ2v) is 6.14. The van der Waals surface area contributed by atoms with E-state index in [2.05, 4.69) is 19.1 Å². The molecule has 1 aliphatic heterocycles. The molecule has 1 heterocycles. The summed E-state index contributed by atoms with van der Waals surface area (Å²) in [6, 6.07) is 4.18. The molecular formula is C16H19NO2S. The van der Waals surface area contributed by atoms with Crippen LogP contribution in [0.25, 0.3) is 6.08 Å². The molecule has 0 aliphatic carbocycles. The highest BCUT2D eigenvalue weighted by Crippen LogP contribution is 2.33. The summed E-state index contributed by atoms with van der Waals surface area (Å²) >= 11 is 1.04. The zero-order valence-electron chi connectivity index (χ0n) is 12.3. The molecular weight excluding hydrogens is 270 g/mol. The van der Waals surface area contributed by atoms with Crippen molar-refractivity contribution in [1.29, 1.82) is 0 Å². The van der Waals surface area contributed by atoms with Gasteiger partial charge in [-0.1, -0.05) is 24.6 Å². The third-order valence-electron chi connectivity index (χ3n) is 3.33. The summed E-state index contributed by atoms with van der Waals surface area (Å²) in [5, 5.41) is -0.162. The van der Waals surface area contributed by atoms with Gasteiger partial charge < -0.3 is 0 Å².